The minimum Gasteiger partial charge on any atom is -0.318 e. The molecule has 0 aromatic heterocycles. The molecular weight excluding hydrogens is 354 g/mol. The molecule has 2 aromatic rings. The van der Waals surface area contributed by atoms with Crippen molar-refractivity contribution in [2.45, 2.75) is 39.0 Å². The molecule has 6 heteroatoms. The van der Waals surface area contributed by atoms with Crippen LogP contribution in [-0.2, 0) is 14.4 Å². The lowest BCUT2D eigenvalue weighted by Gasteiger charge is -2.27. The largest absolute Gasteiger partial charge is 0.318 e. The molecule has 0 aliphatic carbocycles. The zero-order valence-corrected chi connectivity index (χ0v) is 16.2. The van der Waals surface area contributed by atoms with E-state index in [4.69, 9.17) is 0 Å². The second kappa shape index (κ2) is 8.69. The molecule has 1 saturated heterocycles. The van der Waals surface area contributed by atoms with E-state index in [0.717, 1.165) is 24.1 Å². The second-order valence-corrected chi connectivity index (χ2v) is 7.24. The van der Waals surface area contributed by atoms with Gasteiger partial charge in [-0.25, -0.2) is 0 Å². The van der Waals surface area contributed by atoms with Crippen molar-refractivity contribution in [3.05, 3.63) is 54.1 Å². The van der Waals surface area contributed by atoms with E-state index in [2.05, 4.69) is 24.5 Å². The lowest BCUT2D eigenvalue weighted by molar-refractivity contribution is -0.132. The van der Waals surface area contributed by atoms with Crippen LogP contribution in [0.5, 0.6) is 0 Å². The highest BCUT2D eigenvalue weighted by atomic mass is 16.2. The summed E-state index contributed by atoms with van der Waals surface area (Å²) in [6.07, 6.45) is 2.40. The van der Waals surface area contributed by atoms with Crippen molar-refractivity contribution in [2.75, 3.05) is 22.1 Å². The van der Waals surface area contributed by atoms with Crippen LogP contribution in [-0.4, -0.2) is 24.3 Å². The first-order chi connectivity index (χ1) is 13.4. The van der Waals surface area contributed by atoms with Crippen LogP contribution < -0.4 is 15.5 Å². The molecular formula is C22H25N3O3. The quantitative estimate of drug-likeness (QED) is 0.791. The van der Waals surface area contributed by atoms with E-state index in [9.17, 15) is 14.4 Å². The van der Waals surface area contributed by atoms with Gasteiger partial charge in [-0.15, -0.1) is 0 Å². The Kier molecular flexibility index (Phi) is 6.09. The van der Waals surface area contributed by atoms with Crippen LogP contribution in [0.3, 0.4) is 0 Å². The zero-order chi connectivity index (χ0) is 20.1. The molecule has 1 heterocycles. The molecule has 146 valence electrons. The standard InChI is InChI=1S/C22H25N3O3/c1-15(2)16-9-11-17(12-10-16)23-21(27)22(28)24-18-6-5-7-19(14-18)25-13-4-3-8-20(25)26/h5-7,9-12,14-15H,3-4,8,13H2,1-2H3,(H,23,27)(H,24,28). The Morgan fingerprint density at radius 1 is 0.929 bits per heavy atom. The summed E-state index contributed by atoms with van der Waals surface area (Å²) in [7, 11) is 0. The average Bonchev–Trinajstić information content (AvgIpc) is 2.69. The Labute approximate surface area is 164 Å². The minimum absolute atomic E-state index is 0.0808. The van der Waals surface area contributed by atoms with E-state index >= 15 is 0 Å². The van der Waals surface area contributed by atoms with Gasteiger partial charge in [-0.05, 0) is 54.7 Å². The molecule has 28 heavy (non-hydrogen) atoms. The highest BCUT2D eigenvalue weighted by molar-refractivity contribution is 6.43. The van der Waals surface area contributed by atoms with Crippen LogP contribution >= 0.6 is 0 Å². The summed E-state index contributed by atoms with van der Waals surface area (Å²) in [6, 6.07) is 14.4. The number of benzene rings is 2. The molecule has 2 N–H and O–H groups in total. The molecule has 1 fully saturated rings. The normalized spacial score (nSPS) is 14.1. The molecule has 3 amide bonds. The molecule has 3 rings (SSSR count). The number of anilines is 3. The lowest BCUT2D eigenvalue weighted by Crippen LogP contribution is -2.35. The molecule has 0 atom stereocenters. The lowest BCUT2D eigenvalue weighted by atomic mass is 10.0. The Morgan fingerprint density at radius 3 is 2.25 bits per heavy atom. The highest BCUT2D eigenvalue weighted by Gasteiger charge is 2.20. The molecule has 0 unspecified atom stereocenters. The predicted molar refractivity (Wildman–Crippen MR) is 110 cm³/mol. The zero-order valence-electron chi connectivity index (χ0n) is 16.2. The van der Waals surface area contributed by atoms with Crippen LogP contribution in [0.4, 0.5) is 17.1 Å². The maximum atomic E-state index is 12.2. The summed E-state index contributed by atoms with van der Waals surface area (Å²) in [6.45, 7) is 4.85. The van der Waals surface area contributed by atoms with E-state index < -0.39 is 11.8 Å². The van der Waals surface area contributed by atoms with Gasteiger partial charge < -0.3 is 15.5 Å². The fourth-order valence-electron chi connectivity index (χ4n) is 3.16. The van der Waals surface area contributed by atoms with Crippen LogP contribution in [0.25, 0.3) is 0 Å². The Bertz CT molecular complexity index is 875. The summed E-state index contributed by atoms with van der Waals surface area (Å²) in [4.78, 5) is 38.2. The van der Waals surface area contributed by atoms with E-state index in [1.165, 1.54) is 0 Å². The summed E-state index contributed by atoms with van der Waals surface area (Å²) >= 11 is 0. The van der Waals surface area contributed by atoms with Gasteiger partial charge in [-0.3, -0.25) is 14.4 Å². The third-order valence-electron chi connectivity index (χ3n) is 4.78. The summed E-state index contributed by atoms with van der Waals surface area (Å²) in [5.74, 6) is -1.02. The number of piperidine rings is 1. The molecule has 1 aliphatic heterocycles. The third-order valence-corrected chi connectivity index (χ3v) is 4.78. The van der Waals surface area contributed by atoms with Gasteiger partial charge in [-0.2, -0.15) is 0 Å². The van der Waals surface area contributed by atoms with Crippen molar-refractivity contribution in [3.63, 3.8) is 0 Å². The maximum Gasteiger partial charge on any atom is 0.314 e. The van der Waals surface area contributed by atoms with Gasteiger partial charge in [0.15, 0.2) is 0 Å². The first-order valence-corrected chi connectivity index (χ1v) is 9.57. The first-order valence-electron chi connectivity index (χ1n) is 9.57. The average molecular weight is 379 g/mol. The third kappa shape index (κ3) is 4.76. The molecule has 0 saturated carbocycles. The number of nitrogens with zero attached hydrogens (tertiary/aromatic N) is 1. The van der Waals surface area contributed by atoms with Gasteiger partial charge >= 0.3 is 11.8 Å². The van der Waals surface area contributed by atoms with E-state index in [-0.39, 0.29) is 5.91 Å². The number of hydrogen-bond acceptors (Lipinski definition) is 3. The SMILES string of the molecule is CC(C)c1ccc(NC(=O)C(=O)Nc2cccc(N3CCCCC3=O)c2)cc1. The number of carbonyl (C=O) groups excluding carboxylic acids is 3. The summed E-state index contributed by atoms with van der Waals surface area (Å²) in [5.41, 5.74) is 2.93. The maximum absolute atomic E-state index is 12.2. The Hall–Kier alpha value is -3.15. The Morgan fingerprint density at radius 2 is 1.61 bits per heavy atom. The van der Waals surface area contributed by atoms with Gasteiger partial charge in [0.1, 0.15) is 0 Å². The number of nitrogens with one attached hydrogen (secondary N) is 2. The minimum atomic E-state index is -0.755. The van der Waals surface area contributed by atoms with Crippen LogP contribution in [0.1, 0.15) is 44.6 Å². The second-order valence-electron chi connectivity index (χ2n) is 7.24. The van der Waals surface area contributed by atoms with Crippen LogP contribution in [0, 0.1) is 0 Å². The molecule has 0 bridgehead atoms. The fraction of sp³-hybridized carbons (Fsp3) is 0.318. The molecule has 0 radical (unpaired) electrons. The van der Waals surface area contributed by atoms with E-state index in [0.29, 0.717) is 30.3 Å². The number of hydrogen-bond donors (Lipinski definition) is 2. The van der Waals surface area contributed by atoms with E-state index in [1.807, 2.05) is 18.2 Å². The van der Waals surface area contributed by atoms with Gasteiger partial charge in [0.05, 0.1) is 0 Å². The molecule has 0 spiro atoms. The molecule has 1 aliphatic rings. The van der Waals surface area contributed by atoms with Crippen molar-refractivity contribution >= 4 is 34.8 Å². The van der Waals surface area contributed by atoms with E-state index in [1.54, 1.807) is 35.2 Å². The van der Waals surface area contributed by atoms with Crippen molar-refractivity contribution in [2.24, 2.45) is 0 Å². The van der Waals surface area contributed by atoms with Gasteiger partial charge in [0.2, 0.25) is 5.91 Å². The highest BCUT2D eigenvalue weighted by Crippen LogP contribution is 2.24. The molecule has 2 aromatic carbocycles. The Balaban J connectivity index is 1.63. The van der Waals surface area contributed by atoms with Crippen LogP contribution in [0.2, 0.25) is 0 Å². The topological polar surface area (TPSA) is 78.5 Å². The van der Waals surface area contributed by atoms with Crippen LogP contribution in [0.15, 0.2) is 48.5 Å². The van der Waals surface area contributed by atoms with Gasteiger partial charge in [0, 0.05) is 30.0 Å². The molecule has 6 nitrogen and oxygen atoms in total. The number of carbonyl (C=O) groups is 3. The predicted octanol–water partition coefficient (Wildman–Crippen LogP) is 3.90. The van der Waals surface area contributed by atoms with Crippen molar-refractivity contribution in [1.29, 1.82) is 0 Å². The monoisotopic (exact) mass is 379 g/mol. The summed E-state index contributed by atoms with van der Waals surface area (Å²) in [5, 5.41) is 5.19. The fourth-order valence-corrected chi connectivity index (χ4v) is 3.16. The van der Waals surface area contributed by atoms with Gasteiger partial charge in [-0.1, -0.05) is 32.0 Å². The first kappa shape index (κ1) is 19.6. The van der Waals surface area contributed by atoms with Crippen molar-refractivity contribution in [1.82, 2.24) is 0 Å². The van der Waals surface area contributed by atoms with Crippen molar-refractivity contribution < 1.29 is 14.4 Å². The number of amides is 3. The van der Waals surface area contributed by atoms with Gasteiger partial charge in [0.25, 0.3) is 0 Å². The van der Waals surface area contributed by atoms with Crippen molar-refractivity contribution in [3.8, 4) is 0 Å². The summed E-state index contributed by atoms with van der Waals surface area (Å²) < 4.78 is 0. The smallest absolute Gasteiger partial charge is 0.314 e. The number of rotatable bonds is 4.